The Balaban J connectivity index is 6.89. The van der Waals surface area contributed by atoms with E-state index in [4.69, 9.17) is 0 Å². The molecule has 0 aliphatic carbocycles. The van der Waals surface area contributed by atoms with Gasteiger partial charge in [-0.15, -0.1) is 0 Å². The summed E-state index contributed by atoms with van der Waals surface area (Å²) in [6, 6.07) is 0. The second kappa shape index (κ2) is 4.70. The fourth-order valence-electron chi connectivity index (χ4n) is 4.23. The monoisotopic (exact) mass is 334 g/mol. The van der Waals surface area contributed by atoms with Crippen LogP contribution >= 0.6 is 6.72 Å². The molecular formula is C9H31O3PSSi3. The van der Waals surface area contributed by atoms with Gasteiger partial charge in [0.05, 0.1) is 21.7 Å². The minimum absolute atomic E-state index is 1.81. The summed E-state index contributed by atoms with van der Waals surface area (Å²) in [5.41, 5.74) is 0. The van der Waals surface area contributed by atoms with Crippen LogP contribution in [0.1, 0.15) is 0 Å². The van der Waals surface area contributed by atoms with Crippen molar-refractivity contribution in [2.45, 2.75) is 58.9 Å². The first-order valence-electron chi connectivity index (χ1n) is 5.97. The van der Waals surface area contributed by atoms with E-state index in [1.165, 1.54) is 0 Å². The van der Waals surface area contributed by atoms with Crippen LogP contribution in [0.25, 0.3) is 0 Å². The fraction of sp³-hybridized carbons (Fsp3) is 1.00. The van der Waals surface area contributed by atoms with E-state index in [0.29, 0.717) is 0 Å². The smallest absolute Gasteiger partial charge is 0.247 e. The molecule has 0 rings (SSSR count). The molecule has 3 nitrogen and oxygen atoms in total. The van der Waals surface area contributed by atoms with Crippen molar-refractivity contribution in [1.29, 1.82) is 0 Å². The van der Waals surface area contributed by atoms with Crippen molar-refractivity contribution in [1.82, 2.24) is 0 Å². The Hall–Kier alpha value is 1.31. The van der Waals surface area contributed by atoms with E-state index in [1.807, 2.05) is 0 Å². The lowest BCUT2D eigenvalue weighted by molar-refractivity contribution is 0.363. The second-order valence-corrected chi connectivity index (χ2v) is 52.0. The van der Waals surface area contributed by atoms with Crippen molar-refractivity contribution in [3.8, 4) is 0 Å². The highest BCUT2D eigenvalue weighted by molar-refractivity contribution is 8.85. The Morgan fingerprint density at radius 1 is 0.588 bits per heavy atom. The van der Waals surface area contributed by atoms with Gasteiger partial charge in [-0.2, -0.15) is 0 Å². The summed E-state index contributed by atoms with van der Waals surface area (Å²) in [5.74, 6) is 0. The van der Waals surface area contributed by atoms with Crippen LogP contribution in [0.3, 0.4) is 0 Å². The van der Waals surface area contributed by atoms with Crippen LogP contribution in [0.5, 0.6) is 0 Å². The summed E-state index contributed by atoms with van der Waals surface area (Å²) < 4.78 is 0. The molecule has 0 aliphatic rings. The Labute approximate surface area is 109 Å². The highest BCUT2D eigenvalue weighted by Crippen LogP contribution is 2.57. The average Bonchev–Trinajstić information content (AvgIpc) is 1.67. The second-order valence-electron chi connectivity index (χ2n) is 7.68. The number of hydrogen-bond donors (Lipinski definition) is 4. The molecule has 0 aromatic carbocycles. The topological polar surface area (TPSA) is 60.7 Å². The molecule has 0 aromatic heterocycles. The summed E-state index contributed by atoms with van der Waals surface area (Å²) in [5, 5.41) is 0. The van der Waals surface area contributed by atoms with Gasteiger partial charge in [0.2, 0.25) is 6.72 Å². The standard InChI is InChI=1S/C9H31O3PSSi3/c1-15(2,3)14(13(10,11)12,16(4,5)6)17(7,8)9/h10-12,14H,1-9H3. The van der Waals surface area contributed by atoms with Crippen LogP contribution in [0, 0.1) is 0 Å². The van der Waals surface area contributed by atoms with E-state index < -0.39 is 35.9 Å². The Morgan fingerprint density at radius 2 is 0.765 bits per heavy atom. The molecule has 17 heavy (non-hydrogen) atoms. The summed E-state index contributed by atoms with van der Waals surface area (Å²) in [6.07, 6.45) is 0. The van der Waals surface area contributed by atoms with Crippen molar-refractivity contribution in [3.63, 3.8) is 0 Å². The minimum Gasteiger partial charge on any atom is -0.330 e. The van der Waals surface area contributed by atoms with E-state index >= 15 is 0 Å². The van der Waals surface area contributed by atoms with Gasteiger partial charge in [-0.3, -0.25) is 0 Å². The summed E-state index contributed by atoms with van der Waals surface area (Å²) in [4.78, 5) is 30.9. The third-order valence-corrected chi connectivity index (χ3v) is 89.5. The molecule has 0 saturated heterocycles. The van der Waals surface area contributed by atoms with Crippen LogP contribution in [-0.4, -0.2) is 36.4 Å². The van der Waals surface area contributed by atoms with Crippen LogP contribution in [0.4, 0.5) is 0 Å². The number of thiol groups is 1. The lowest BCUT2D eigenvalue weighted by atomic mass is 11.8. The van der Waals surface area contributed by atoms with Crippen molar-refractivity contribution in [3.05, 3.63) is 0 Å². The van der Waals surface area contributed by atoms with Crippen LogP contribution in [-0.2, 0) is 7.55 Å². The van der Waals surface area contributed by atoms with Gasteiger partial charge >= 0.3 is 0 Å². The zero-order chi connectivity index (χ0) is 14.5. The molecule has 0 atom stereocenters. The molecule has 0 bridgehead atoms. The molecule has 0 saturated carbocycles. The van der Waals surface area contributed by atoms with Gasteiger partial charge < -0.3 is 14.7 Å². The molecule has 0 fully saturated rings. The molecule has 8 heteroatoms. The number of rotatable bonds is 3. The molecular weight excluding hydrogens is 303 g/mol. The summed E-state index contributed by atoms with van der Waals surface area (Å²) in [6.45, 7) is 16.2. The first-order valence-corrected chi connectivity index (χ1v) is 23.1. The van der Waals surface area contributed by atoms with E-state index in [1.54, 1.807) is 0 Å². The van der Waals surface area contributed by atoms with E-state index in [9.17, 15) is 14.7 Å². The van der Waals surface area contributed by atoms with Gasteiger partial charge in [-0.25, -0.2) is 7.55 Å². The molecule has 3 N–H and O–H groups in total. The first-order chi connectivity index (χ1) is 7.00. The SMILES string of the molecule is C[Si](C)(C)[SH]([Si](C)(C)C)([Si](C)(C)C)=P(O)(O)O. The van der Waals surface area contributed by atoms with E-state index in [-0.39, 0.29) is 0 Å². The molecule has 0 aliphatic heterocycles. The quantitative estimate of drug-likeness (QED) is 0.364. The third kappa shape index (κ3) is 2.91. The Bertz CT molecular complexity index is 319. The maximum atomic E-state index is 10.3. The zero-order valence-corrected chi connectivity index (χ0v) is 17.5. The Morgan fingerprint density at radius 3 is 0.765 bits per heavy atom. The first kappa shape index (κ1) is 18.3. The Kier molecular flexibility index (Phi) is 5.06. The molecule has 0 radical (unpaired) electrons. The molecule has 108 valence electrons. The molecule has 0 unspecified atom stereocenters. The van der Waals surface area contributed by atoms with Gasteiger partial charge in [0.15, 0.2) is 0 Å². The number of hydrogen-bond acceptors (Lipinski definition) is 0. The van der Waals surface area contributed by atoms with E-state index in [2.05, 4.69) is 58.9 Å². The molecule has 0 aromatic rings. The van der Waals surface area contributed by atoms with Gasteiger partial charge in [0.1, 0.15) is 0 Å². The third-order valence-electron chi connectivity index (χ3n) is 3.31. The van der Waals surface area contributed by atoms with Crippen molar-refractivity contribution in [2.24, 2.45) is 0 Å². The minimum atomic E-state index is -3.73. The molecule has 0 spiro atoms. The van der Waals surface area contributed by atoms with Gasteiger partial charge in [0, 0.05) is 0 Å². The fourth-order valence-corrected chi connectivity index (χ4v) is 114. The largest absolute Gasteiger partial charge is 0.330 e. The predicted octanol–water partition coefficient (Wildman–Crippen LogP) is 3.03. The highest BCUT2D eigenvalue weighted by Gasteiger charge is 2.53. The van der Waals surface area contributed by atoms with Crippen LogP contribution in [0.15, 0.2) is 0 Å². The van der Waals surface area contributed by atoms with Gasteiger partial charge in [-0.1, -0.05) is 58.9 Å². The van der Waals surface area contributed by atoms with Crippen molar-refractivity contribution >= 4 is 35.9 Å². The lowest BCUT2D eigenvalue weighted by Crippen LogP contribution is -2.66. The lowest BCUT2D eigenvalue weighted by Gasteiger charge is -2.58. The van der Waals surface area contributed by atoms with E-state index in [0.717, 1.165) is 0 Å². The summed E-state index contributed by atoms with van der Waals surface area (Å²) >= 11 is 0. The predicted molar refractivity (Wildman–Crippen MR) is 92.4 cm³/mol. The maximum absolute atomic E-state index is 10.3. The van der Waals surface area contributed by atoms with Crippen LogP contribution < -0.4 is 0 Å². The molecule has 0 amide bonds. The normalized spacial score (nSPS) is 17.2. The molecule has 0 heterocycles. The van der Waals surface area contributed by atoms with Gasteiger partial charge in [0.25, 0.3) is 0 Å². The maximum Gasteiger partial charge on any atom is 0.247 e. The van der Waals surface area contributed by atoms with Gasteiger partial charge in [-0.05, 0) is 0 Å². The van der Waals surface area contributed by atoms with Crippen LogP contribution in [0.2, 0.25) is 58.9 Å². The van der Waals surface area contributed by atoms with Crippen molar-refractivity contribution in [2.75, 3.05) is 0 Å². The highest BCUT2D eigenvalue weighted by atomic mass is 33.0. The summed E-state index contributed by atoms with van der Waals surface area (Å²) in [7, 11) is -7.46. The zero-order valence-electron chi connectivity index (χ0n) is 12.7. The van der Waals surface area contributed by atoms with Crippen molar-refractivity contribution < 1.29 is 14.7 Å². The average molecular weight is 335 g/mol.